The molecule has 1 nitrogen and oxygen atoms in total. The molecule has 0 bridgehead atoms. The Kier molecular flexibility index (Phi) is 4.52. The van der Waals surface area contributed by atoms with Crippen LogP contribution >= 0.6 is 0 Å². The third kappa shape index (κ3) is 3.04. The maximum Gasteiger partial charge on any atom is 0.0545 e. The maximum atomic E-state index is 2.68. The summed E-state index contributed by atoms with van der Waals surface area (Å²) in [5, 5.41) is 0. The van der Waals surface area contributed by atoms with E-state index >= 15 is 0 Å². The van der Waals surface area contributed by atoms with Crippen LogP contribution in [0.1, 0.15) is 55.3 Å². The summed E-state index contributed by atoms with van der Waals surface area (Å²) < 4.78 is 0. The Balaban J connectivity index is 2.00. The SMILES string of the molecule is CC[C@H]1CCC[C@@H](c2cccc(C)c2)N1c1ccc(C)cc1. The summed E-state index contributed by atoms with van der Waals surface area (Å²) in [6, 6.07) is 19.3. The summed E-state index contributed by atoms with van der Waals surface area (Å²) >= 11 is 0. The van der Waals surface area contributed by atoms with Gasteiger partial charge in [0, 0.05) is 11.7 Å². The molecule has 0 spiro atoms. The fraction of sp³-hybridized carbons (Fsp3) is 0.429. The van der Waals surface area contributed by atoms with E-state index in [4.69, 9.17) is 0 Å². The van der Waals surface area contributed by atoms with Crippen molar-refractivity contribution < 1.29 is 0 Å². The van der Waals surface area contributed by atoms with Crippen LogP contribution in [0.3, 0.4) is 0 Å². The van der Waals surface area contributed by atoms with E-state index in [1.807, 2.05) is 0 Å². The second-order valence-electron chi connectivity index (χ2n) is 6.67. The first-order chi connectivity index (χ1) is 10.7. The van der Waals surface area contributed by atoms with Gasteiger partial charge in [-0.05, 0) is 57.2 Å². The molecule has 1 saturated heterocycles. The van der Waals surface area contributed by atoms with E-state index in [0.29, 0.717) is 12.1 Å². The summed E-state index contributed by atoms with van der Waals surface area (Å²) in [5.41, 5.74) is 5.54. The number of rotatable bonds is 3. The molecule has 2 atom stereocenters. The molecule has 116 valence electrons. The van der Waals surface area contributed by atoms with E-state index in [0.717, 1.165) is 0 Å². The third-order valence-corrected chi connectivity index (χ3v) is 4.97. The molecule has 3 rings (SSSR count). The molecule has 1 fully saturated rings. The van der Waals surface area contributed by atoms with E-state index < -0.39 is 0 Å². The number of anilines is 1. The summed E-state index contributed by atoms with van der Waals surface area (Å²) in [7, 11) is 0. The predicted molar refractivity (Wildman–Crippen MR) is 95.5 cm³/mol. The highest BCUT2D eigenvalue weighted by Gasteiger charge is 2.30. The van der Waals surface area contributed by atoms with Crippen LogP contribution in [0.5, 0.6) is 0 Å². The first-order valence-corrected chi connectivity index (χ1v) is 8.60. The summed E-state index contributed by atoms with van der Waals surface area (Å²) in [6.07, 6.45) is 5.12. The number of hydrogen-bond donors (Lipinski definition) is 0. The molecule has 0 saturated carbocycles. The highest BCUT2D eigenvalue weighted by atomic mass is 15.2. The Morgan fingerprint density at radius 3 is 2.41 bits per heavy atom. The minimum Gasteiger partial charge on any atom is -0.362 e. The van der Waals surface area contributed by atoms with Crippen molar-refractivity contribution in [3.05, 3.63) is 65.2 Å². The lowest BCUT2D eigenvalue weighted by Gasteiger charge is -2.44. The fourth-order valence-corrected chi connectivity index (χ4v) is 3.79. The molecule has 0 radical (unpaired) electrons. The molecular weight excluding hydrogens is 266 g/mol. The van der Waals surface area contributed by atoms with Gasteiger partial charge in [-0.25, -0.2) is 0 Å². The third-order valence-electron chi connectivity index (χ3n) is 4.97. The fourth-order valence-electron chi connectivity index (χ4n) is 3.79. The predicted octanol–water partition coefficient (Wildman–Crippen LogP) is 5.81. The number of piperidine rings is 1. The van der Waals surface area contributed by atoms with E-state index in [1.165, 1.54) is 48.1 Å². The first kappa shape index (κ1) is 15.1. The van der Waals surface area contributed by atoms with E-state index in [2.05, 4.69) is 74.2 Å². The first-order valence-electron chi connectivity index (χ1n) is 8.60. The number of hydrogen-bond acceptors (Lipinski definition) is 1. The van der Waals surface area contributed by atoms with Crippen molar-refractivity contribution >= 4 is 5.69 Å². The van der Waals surface area contributed by atoms with Gasteiger partial charge in [0.15, 0.2) is 0 Å². The lowest BCUT2D eigenvalue weighted by atomic mass is 9.88. The van der Waals surface area contributed by atoms with Crippen molar-refractivity contribution in [2.24, 2.45) is 0 Å². The van der Waals surface area contributed by atoms with Crippen molar-refractivity contribution in [1.29, 1.82) is 0 Å². The lowest BCUT2D eigenvalue weighted by Crippen LogP contribution is -2.41. The van der Waals surface area contributed by atoms with E-state index in [-0.39, 0.29) is 0 Å². The van der Waals surface area contributed by atoms with Crippen LogP contribution in [0.25, 0.3) is 0 Å². The van der Waals surface area contributed by atoms with Crippen molar-refractivity contribution in [2.45, 2.75) is 58.5 Å². The highest BCUT2D eigenvalue weighted by Crippen LogP contribution is 2.39. The molecule has 0 N–H and O–H groups in total. The van der Waals surface area contributed by atoms with Gasteiger partial charge in [0.05, 0.1) is 6.04 Å². The number of nitrogens with zero attached hydrogens (tertiary/aromatic N) is 1. The quantitative estimate of drug-likeness (QED) is 0.690. The van der Waals surface area contributed by atoms with Crippen LogP contribution in [0, 0.1) is 13.8 Å². The normalized spacial score (nSPS) is 21.9. The van der Waals surface area contributed by atoms with Gasteiger partial charge >= 0.3 is 0 Å². The maximum absolute atomic E-state index is 2.68. The molecule has 0 amide bonds. The van der Waals surface area contributed by atoms with Gasteiger partial charge in [-0.2, -0.15) is 0 Å². The Labute approximate surface area is 135 Å². The van der Waals surface area contributed by atoms with Gasteiger partial charge < -0.3 is 4.90 Å². The molecule has 0 aromatic heterocycles. The van der Waals surface area contributed by atoms with Gasteiger partial charge in [-0.15, -0.1) is 0 Å². The van der Waals surface area contributed by atoms with Crippen molar-refractivity contribution in [3.63, 3.8) is 0 Å². The average Bonchev–Trinajstić information content (AvgIpc) is 2.55. The summed E-state index contributed by atoms with van der Waals surface area (Å²) in [5.74, 6) is 0. The molecule has 1 aliphatic rings. The summed E-state index contributed by atoms with van der Waals surface area (Å²) in [4.78, 5) is 2.68. The lowest BCUT2D eigenvalue weighted by molar-refractivity contribution is 0.380. The van der Waals surface area contributed by atoms with Gasteiger partial charge in [0.25, 0.3) is 0 Å². The average molecular weight is 293 g/mol. The smallest absolute Gasteiger partial charge is 0.0545 e. The van der Waals surface area contributed by atoms with Gasteiger partial charge in [-0.1, -0.05) is 54.4 Å². The van der Waals surface area contributed by atoms with Crippen molar-refractivity contribution in [1.82, 2.24) is 0 Å². The monoisotopic (exact) mass is 293 g/mol. The molecule has 0 unspecified atom stereocenters. The zero-order chi connectivity index (χ0) is 15.5. The zero-order valence-electron chi connectivity index (χ0n) is 14.0. The molecule has 1 heterocycles. The second-order valence-corrected chi connectivity index (χ2v) is 6.67. The van der Waals surface area contributed by atoms with Crippen molar-refractivity contribution in [2.75, 3.05) is 4.90 Å². The largest absolute Gasteiger partial charge is 0.362 e. The Morgan fingerprint density at radius 2 is 1.73 bits per heavy atom. The summed E-state index contributed by atoms with van der Waals surface area (Å²) in [6.45, 7) is 6.68. The topological polar surface area (TPSA) is 3.24 Å². The van der Waals surface area contributed by atoms with E-state index in [9.17, 15) is 0 Å². The molecule has 0 aliphatic carbocycles. The molecular formula is C21H27N. The number of benzene rings is 2. The molecule has 2 aromatic rings. The Hall–Kier alpha value is -1.76. The van der Waals surface area contributed by atoms with Crippen LogP contribution in [-0.4, -0.2) is 6.04 Å². The van der Waals surface area contributed by atoms with Gasteiger partial charge in [0.1, 0.15) is 0 Å². The van der Waals surface area contributed by atoms with Crippen LogP contribution in [0.4, 0.5) is 5.69 Å². The van der Waals surface area contributed by atoms with Crippen molar-refractivity contribution in [3.8, 4) is 0 Å². The van der Waals surface area contributed by atoms with Gasteiger partial charge in [0.2, 0.25) is 0 Å². The second kappa shape index (κ2) is 6.56. The molecule has 2 aromatic carbocycles. The van der Waals surface area contributed by atoms with Crippen LogP contribution in [-0.2, 0) is 0 Å². The highest BCUT2D eigenvalue weighted by molar-refractivity contribution is 5.51. The molecule has 1 aliphatic heterocycles. The van der Waals surface area contributed by atoms with Crippen LogP contribution in [0.2, 0.25) is 0 Å². The number of aryl methyl sites for hydroxylation is 2. The van der Waals surface area contributed by atoms with Crippen LogP contribution < -0.4 is 4.90 Å². The molecule has 1 heteroatoms. The van der Waals surface area contributed by atoms with E-state index in [1.54, 1.807) is 0 Å². The minimum absolute atomic E-state index is 0.515. The Bertz CT molecular complexity index is 614. The Morgan fingerprint density at radius 1 is 0.955 bits per heavy atom. The standard InChI is InChI=1S/C21H27N/c1-4-19-9-6-10-21(18-8-5-7-17(3)15-18)22(19)20-13-11-16(2)12-14-20/h5,7-8,11-15,19,21H,4,6,9-10H2,1-3H3/t19-,21-/m0/s1. The van der Waals surface area contributed by atoms with Gasteiger partial charge in [-0.3, -0.25) is 0 Å². The van der Waals surface area contributed by atoms with Crippen LogP contribution in [0.15, 0.2) is 48.5 Å². The molecule has 22 heavy (non-hydrogen) atoms. The minimum atomic E-state index is 0.515. The zero-order valence-corrected chi connectivity index (χ0v) is 14.0.